The molecule has 1 aliphatic heterocycles. The zero-order chi connectivity index (χ0) is 26.2. The summed E-state index contributed by atoms with van der Waals surface area (Å²) in [6.07, 6.45) is 2.51. The maximum Gasteiger partial charge on any atom is 0.241 e. The summed E-state index contributed by atoms with van der Waals surface area (Å²) in [5, 5.41) is 7.21. The third-order valence-electron chi connectivity index (χ3n) is 6.51. The molecule has 1 amide bonds. The van der Waals surface area contributed by atoms with Crippen LogP contribution in [0.15, 0.2) is 40.9 Å². The molecule has 1 unspecified atom stereocenters. The van der Waals surface area contributed by atoms with Crippen LogP contribution in [0.3, 0.4) is 0 Å². The molecule has 1 atom stereocenters. The third-order valence-corrected chi connectivity index (χ3v) is 6.51. The molecule has 10 heteroatoms. The lowest BCUT2D eigenvalue weighted by molar-refractivity contribution is -0.126. The van der Waals surface area contributed by atoms with Crippen molar-refractivity contribution in [2.24, 2.45) is 5.92 Å². The molecule has 1 saturated heterocycles. The van der Waals surface area contributed by atoms with Crippen molar-refractivity contribution in [1.29, 1.82) is 0 Å². The number of likely N-dealkylation sites (tertiary alicyclic amines) is 1. The van der Waals surface area contributed by atoms with Crippen LogP contribution in [0.1, 0.15) is 24.3 Å². The predicted octanol–water partition coefficient (Wildman–Crippen LogP) is 3.34. The maximum atomic E-state index is 12.9. The highest BCUT2D eigenvalue weighted by molar-refractivity contribution is 5.79. The standard InChI is InChI=1S/C27H34N4O6/c1-33-21-9-7-18(14-23(21)35-3)11-12-28-27(32)20-6-5-13-31(16-20)17-25-29-26(30-37-25)19-8-10-22(34-2)24(15-19)36-4/h7-10,14-15,20H,5-6,11-13,16-17H2,1-4H3,(H,28,32). The van der Waals surface area contributed by atoms with E-state index in [1.165, 1.54) is 0 Å². The van der Waals surface area contributed by atoms with E-state index >= 15 is 0 Å². The lowest BCUT2D eigenvalue weighted by Crippen LogP contribution is -2.43. The Hall–Kier alpha value is -3.79. The third kappa shape index (κ3) is 6.51. The molecule has 0 spiro atoms. The van der Waals surface area contributed by atoms with Gasteiger partial charge in [-0.15, -0.1) is 0 Å². The molecular formula is C27H34N4O6. The van der Waals surface area contributed by atoms with Crippen molar-refractivity contribution in [3.63, 3.8) is 0 Å². The zero-order valence-corrected chi connectivity index (χ0v) is 21.8. The number of hydrogen-bond donors (Lipinski definition) is 1. The summed E-state index contributed by atoms with van der Waals surface area (Å²) in [5.41, 5.74) is 1.85. The Morgan fingerprint density at radius 3 is 2.43 bits per heavy atom. The van der Waals surface area contributed by atoms with Crippen molar-refractivity contribution in [2.75, 3.05) is 48.1 Å². The topological polar surface area (TPSA) is 108 Å². The minimum atomic E-state index is -0.0765. The number of aromatic nitrogens is 2. The molecule has 0 aliphatic carbocycles. The maximum absolute atomic E-state index is 12.9. The van der Waals surface area contributed by atoms with Gasteiger partial charge >= 0.3 is 0 Å². The van der Waals surface area contributed by atoms with E-state index in [1.54, 1.807) is 28.4 Å². The Morgan fingerprint density at radius 1 is 1.00 bits per heavy atom. The number of amides is 1. The molecule has 1 fully saturated rings. The molecule has 2 aromatic carbocycles. The average molecular weight is 511 g/mol. The SMILES string of the molecule is COc1ccc(CCNC(=O)C2CCCN(Cc3nc(-c4ccc(OC)c(OC)c4)no3)C2)cc1OC. The highest BCUT2D eigenvalue weighted by Gasteiger charge is 2.27. The fourth-order valence-electron chi connectivity index (χ4n) is 4.53. The number of methoxy groups -OCH3 is 4. The first-order chi connectivity index (χ1) is 18.0. The number of piperidine rings is 1. The molecule has 37 heavy (non-hydrogen) atoms. The van der Waals surface area contributed by atoms with Crippen molar-refractivity contribution in [3.05, 3.63) is 47.9 Å². The van der Waals surface area contributed by atoms with Crippen LogP contribution >= 0.6 is 0 Å². The Labute approximate surface area is 216 Å². The molecule has 0 bridgehead atoms. The summed E-state index contributed by atoms with van der Waals surface area (Å²) in [6, 6.07) is 11.3. The highest BCUT2D eigenvalue weighted by Crippen LogP contribution is 2.31. The monoisotopic (exact) mass is 510 g/mol. The zero-order valence-electron chi connectivity index (χ0n) is 21.8. The van der Waals surface area contributed by atoms with E-state index in [0.29, 0.717) is 60.8 Å². The summed E-state index contributed by atoms with van der Waals surface area (Å²) in [7, 11) is 6.40. The van der Waals surface area contributed by atoms with Gasteiger partial charge in [-0.1, -0.05) is 11.2 Å². The van der Waals surface area contributed by atoms with E-state index in [1.807, 2.05) is 36.4 Å². The minimum absolute atomic E-state index is 0.0710. The fraction of sp³-hybridized carbons (Fsp3) is 0.444. The number of hydrogen-bond acceptors (Lipinski definition) is 9. The van der Waals surface area contributed by atoms with E-state index in [-0.39, 0.29) is 11.8 Å². The van der Waals surface area contributed by atoms with Crippen LogP contribution in [0.25, 0.3) is 11.4 Å². The number of rotatable bonds is 11. The second-order valence-electron chi connectivity index (χ2n) is 8.89. The molecule has 2 heterocycles. The van der Waals surface area contributed by atoms with Crippen LogP contribution in [0.2, 0.25) is 0 Å². The molecule has 1 N–H and O–H groups in total. The Morgan fingerprint density at radius 2 is 1.70 bits per heavy atom. The lowest BCUT2D eigenvalue weighted by atomic mass is 9.97. The second-order valence-corrected chi connectivity index (χ2v) is 8.89. The second kappa shape index (κ2) is 12.4. The van der Waals surface area contributed by atoms with Gasteiger partial charge in [0.05, 0.1) is 40.9 Å². The van der Waals surface area contributed by atoms with E-state index in [9.17, 15) is 4.79 Å². The highest BCUT2D eigenvalue weighted by atomic mass is 16.5. The molecule has 198 valence electrons. The lowest BCUT2D eigenvalue weighted by Gasteiger charge is -2.30. The minimum Gasteiger partial charge on any atom is -0.493 e. The van der Waals surface area contributed by atoms with Gasteiger partial charge in [-0.05, 0) is 61.7 Å². The largest absolute Gasteiger partial charge is 0.493 e. The number of ether oxygens (including phenoxy) is 4. The molecule has 0 radical (unpaired) electrons. The fourth-order valence-corrected chi connectivity index (χ4v) is 4.53. The van der Waals surface area contributed by atoms with Gasteiger partial charge < -0.3 is 28.8 Å². The van der Waals surface area contributed by atoms with E-state index in [0.717, 1.165) is 30.5 Å². The van der Waals surface area contributed by atoms with Crippen molar-refractivity contribution < 1.29 is 28.3 Å². The molecule has 3 aromatic rings. The summed E-state index contributed by atoms with van der Waals surface area (Å²) in [4.78, 5) is 19.6. The molecule has 1 aliphatic rings. The Bertz CT molecular complexity index is 1200. The van der Waals surface area contributed by atoms with Gasteiger partial charge in [-0.3, -0.25) is 9.69 Å². The molecule has 10 nitrogen and oxygen atoms in total. The Kier molecular flexibility index (Phi) is 8.84. The number of nitrogens with one attached hydrogen (secondary N) is 1. The molecule has 4 rings (SSSR count). The van der Waals surface area contributed by atoms with E-state index < -0.39 is 0 Å². The normalized spacial score (nSPS) is 15.7. The Balaban J connectivity index is 1.29. The van der Waals surface area contributed by atoms with Crippen LogP contribution in [-0.2, 0) is 17.8 Å². The van der Waals surface area contributed by atoms with Crippen molar-refractivity contribution in [3.8, 4) is 34.4 Å². The summed E-state index contributed by atoms with van der Waals surface area (Å²) in [6.45, 7) is 2.58. The summed E-state index contributed by atoms with van der Waals surface area (Å²) < 4.78 is 26.8. The van der Waals surface area contributed by atoms with Crippen molar-refractivity contribution in [1.82, 2.24) is 20.4 Å². The van der Waals surface area contributed by atoms with Crippen LogP contribution in [0, 0.1) is 5.92 Å². The van der Waals surface area contributed by atoms with Gasteiger partial charge in [0.1, 0.15) is 0 Å². The average Bonchev–Trinajstić information content (AvgIpc) is 3.40. The van der Waals surface area contributed by atoms with Crippen molar-refractivity contribution in [2.45, 2.75) is 25.8 Å². The van der Waals surface area contributed by atoms with E-state index in [4.69, 9.17) is 23.5 Å². The van der Waals surface area contributed by atoms with Crippen LogP contribution in [-0.4, -0.2) is 69.0 Å². The van der Waals surface area contributed by atoms with Gasteiger partial charge in [0.2, 0.25) is 17.6 Å². The smallest absolute Gasteiger partial charge is 0.241 e. The quantitative estimate of drug-likeness (QED) is 0.415. The summed E-state index contributed by atoms with van der Waals surface area (Å²) >= 11 is 0. The molecular weight excluding hydrogens is 476 g/mol. The van der Waals surface area contributed by atoms with E-state index in [2.05, 4.69) is 20.4 Å². The number of carbonyl (C=O) groups excluding carboxylic acids is 1. The van der Waals surface area contributed by atoms with Gasteiger partial charge in [-0.2, -0.15) is 4.98 Å². The first kappa shape index (κ1) is 26.3. The summed E-state index contributed by atoms with van der Waals surface area (Å²) in [5.74, 6) is 3.60. The van der Waals surface area contributed by atoms with Gasteiger partial charge in [0.25, 0.3) is 0 Å². The first-order valence-corrected chi connectivity index (χ1v) is 12.3. The first-order valence-electron chi connectivity index (χ1n) is 12.3. The van der Waals surface area contributed by atoms with Crippen LogP contribution in [0.4, 0.5) is 0 Å². The van der Waals surface area contributed by atoms with Gasteiger partial charge in [0.15, 0.2) is 23.0 Å². The molecule has 1 aromatic heterocycles. The molecule has 0 saturated carbocycles. The number of nitrogens with zero attached hydrogens (tertiary/aromatic N) is 3. The van der Waals surface area contributed by atoms with Crippen molar-refractivity contribution >= 4 is 5.91 Å². The van der Waals surface area contributed by atoms with Gasteiger partial charge in [-0.25, -0.2) is 0 Å². The van der Waals surface area contributed by atoms with Gasteiger partial charge in [0, 0.05) is 18.7 Å². The predicted molar refractivity (Wildman–Crippen MR) is 137 cm³/mol. The van der Waals surface area contributed by atoms with Crippen LogP contribution in [0.5, 0.6) is 23.0 Å². The van der Waals surface area contributed by atoms with Crippen LogP contribution < -0.4 is 24.3 Å². The number of benzene rings is 2. The number of carbonyl (C=O) groups is 1.